The molecule has 2 rings (SSSR count). The smallest absolute Gasteiger partial charge is 0.412 e. The van der Waals surface area contributed by atoms with Gasteiger partial charge in [-0.15, -0.1) is 0 Å². The minimum absolute atomic E-state index is 0.117. The van der Waals surface area contributed by atoms with Gasteiger partial charge in [-0.1, -0.05) is 11.2 Å². The van der Waals surface area contributed by atoms with Crippen molar-refractivity contribution in [1.29, 1.82) is 0 Å². The van der Waals surface area contributed by atoms with Crippen LogP contribution in [0.15, 0.2) is 28.8 Å². The van der Waals surface area contributed by atoms with Gasteiger partial charge in [0, 0.05) is 11.6 Å². The normalized spacial score (nSPS) is 11.2. The van der Waals surface area contributed by atoms with Crippen LogP contribution in [0, 0.1) is 0 Å². The Bertz CT molecular complexity index is 658. The highest BCUT2D eigenvalue weighted by Crippen LogP contribution is 2.36. The molecule has 0 aliphatic heterocycles. The number of ether oxygens (including phenoxy) is 1. The number of nitrogens with two attached hydrogens (primary N) is 1. The number of carbonyl (C=O) groups is 1. The number of phenols is 1. The number of phenolic OH excluding ortho intramolecular Hbond substituents is 1. The Morgan fingerprint density at radius 2 is 2.14 bits per heavy atom. The average Bonchev–Trinajstić information content (AvgIpc) is 2.76. The van der Waals surface area contributed by atoms with Crippen molar-refractivity contribution in [2.75, 3.05) is 11.1 Å². The lowest BCUT2D eigenvalue weighted by Gasteiger charge is -2.20. The van der Waals surface area contributed by atoms with Crippen LogP contribution >= 0.6 is 0 Å². The summed E-state index contributed by atoms with van der Waals surface area (Å²) in [5, 5.41) is 16.0. The number of hydrogen-bond acceptors (Lipinski definition) is 6. The molecule has 0 radical (unpaired) electrons. The molecule has 4 N–H and O–H groups in total. The van der Waals surface area contributed by atoms with Gasteiger partial charge in [0.25, 0.3) is 0 Å². The van der Waals surface area contributed by atoms with Crippen molar-refractivity contribution < 1.29 is 19.2 Å². The van der Waals surface area contributed by atoms with Crippen LogP contribution in [-0.2, 0) is 4.74 Å². The zero-order valence-electron chi connectivity index (χ0n) is 12.0. The first-order chi connectivity index (χ1) is 9.76. The highest BCUT2D eigenvalue weighted by atomic mass is 16.6. The minimum atomic E-state index is -0.683. The van der Waals surface area contributed by atoms with E-state index in [1.807, 2.05) is 0 Å². The van der Waals surface area contributed by atoms with E-state index in [-0.39, 0.29) is 17.3 Å². The molecule has 1 heterocycles. The molecule has 112 valence electrons. The second kappa shape index (κ2) is 5.35. The lowest BCUT2D eigenvalue weighted by Crippen LogP contribution is -2.27. The number of aromatic nitrogens is 1. The summed E-state index contributed by atoms with van der Waals surface area (Å²) in [5.74, 6) is 0.416. The minimum Gasteiger partial charge on any atom is -0.506 e. The van der Waals surface area contributed by atoms with E-state index in [4.69, 9.17) is 15.0 Å². The fourth-order valence-corrected chi connectivity index (χ4v) is 1.70. The van der Waals surface area contributed by atoms with Gasteiger partial charge in [-0.3, -0.25) is 5.32 Å². The van der Waals surface area contributed by atoms with E-state index in [0.29, 0.717) is 11.3 Å². The maximum absolute atomic E-state index is 11.9. The van der Waals surface area contributed by atoms with Crippen molar-refractivity contribution in [2.45, 2.75) is 26.4 Å². The first-order valence-corrected chi connectivity index (χ1v) is 6.31. The van der Waals surface area contributed by atoms with Gasteiger partial charge in [0.15, 0.2) is 11.6 Å². The molecular weight excluding hydrogens is 274 g/mol. The molecule has 0 atom stereocenters. The van der Waals surface area contributed by atoms with Crippen LogP contribution in [0.4, 0.5) is 16.3 Å². The second-order valence-corrected chi connectivity index (χ2v) is 5.44. The SMILES string of the molecule is CC(C)(C)OC(=O)Nc1c(O)cccc1-c1cc(N)no1. The summed E-state index contributed by atoms with van der Waals surface area (Å²) < 4.78 is 10.2. The molecule has 7 nitrogen and oxygen atoms in total. The summed E-state index contributed by atoms with van der Waals surface area (Å²) in [4.78, 5) is 11.9. The summed E-state index contributed by atoms with van der Waals surface area (Å²) in [6.07, 6.45) is -0.683. The molecule has 0 saturated heterocycles. The third-order valence-corrected chi connectivity index (χ3v) is 2.46. The van der Waals surface area contributed by atoms with E-state index < -0.39 is 11.7 Å². The number of carbonyl (C=O) groups excluding carboxylic acids is 1. The summed E-state index contributed by atoms with van der Waals surface area (Å²) in [6.45, 7) is 5.24. The fourth-order valence-electron chi connectivity index (χ4n) is 1.70. The highest BCUT2D eigenvalue weighted by Gasteiger charge is 2.20. The van der Waals surface area contributed by atoms with Crippen molar-refractivity contribution in [3.05, 3.63) is 24.3 Å². The molecule has 1 amide bonds. The monoisotopic (exact) mass is 291 g/mol. The molecule has 21 heavy (non-hydrogen) atoms. The van der Waals surface area contributed by atoms with Gasteiger partial charge < -0.3 is 20.1 Å². The van der Waals surface area contributed by atoms with E-state index in [0.717, 1.165) is 0 Å². The Labute approximate surface area is 121 Å². The van der Waals surface area contributed by atoms with Crippen LogP contribution in [-0.4, -0.2) is 22.0 Å². The van der Waals surface area contributed by atoms with Gasteiger partial charge in [0.05, 0.1) is 5.69 Å². The Balaban J connectivity index is 2.33. The first-order valence-electron chi connectivity index (χ1n) is 6.31. The number of rotatable bonds is 2. The van der Waals surface area contributed by atoms with E-state index in [1.165, 1.54) is 12.1 Å². The van der Waals surface area contributed by atoms with Gasteiger partial charge in [-0.05, 0) is 32.9 Å². The average molecular weight is 291 g/mol. The Kier molecular flexibility index (Phi) is 3.75. The van der Waals surface area contributed by atoms with Gasteiger partial charge in [0.2, 0.25) is 0 Å². The largest absolute Gasteiger partial charge is 0.506 e. The molecule has 1 aromatic carbocycles. The van der Waals surface area contributed by atoms with Gasteiger partial charge in [-0.2, -0.15) is 0 Å². The zero-order valence-corrected chi connectivity index (χ0v) is 12.0. The quantitative estimate of drug-likeness (QED) is 0.733. The Morgan fingerprint density at radius 3 is 2.71 bits per heavy atom. The molecule has 2 aromatic rings. The predicted molar refractivity (Wildman–Crippen MR) is 77.9 cm³/mol. The standard InChI is InChI=1S/C14H17N3O4/c1-14(2,3)20-13(19)16-12-8(5-4-6-9(12)18)10-7-11(15)17-21-10/h4-7,18H,1-3H3,(H2,15,17)(H,16,19). The molecule has 0 spiro atoms. The predicted octanol–water partition coefficient (Wildman–Crippen LogP) is 2.98. The maximum atomic E-state index is 11.9. The molecular formula is C14H17N3O4. The molecule has 0 fully saturated rings. The van der Waals surface area contributed by atoms with Crippen LogP contribution in [0.25, 0.3) is 11.3 Å². The Morgan fingerprint density at radius 1 is 1.43 bits per heavy atom. The van der Waals surface area contributed by atoms with Gasteiger partial charge >= 0.3 is 6.09 Å². The molecule has 0 unspecified atom stereocenters. The third-order valence-electron chi connectivity index (χ3n) is 2.46. The molecule has 0 bridgehead atoms. The van der Waals surface area contributed by atoms with Gasteiger partial charge in [0.1, 0.15) is 11.4 Å². The van der Waals surface area contributed by atoms with Crippen LogP contribution in [0.3, 0.4) is 0 Å². The lowest BCUT2D eigenvalue weighted by molar-refractivity contribution is 0.0635. The van der Waals surface area contributed by atoms with Crippen molar-refractivity contribution >= 4 is 17.6 Å². The van der Waals surface area contributed by atoms with E-state index in [2.05, 4.69) is 10.5 Å². The van der Waals surface area contributed by atoms with Crippen molar-refractivity contribution in [1.82, 2.24) is 5.16 Å². The second-order valence-electron chi connectivity index (χ2n) is 5.44. The number of nitrogen functional groups attached to an aromatic ring is 1. The summed E-state index contributed by atoms with van der Waals surface area (Å²) in [5.41, 5.74) is 5.48. The Hall–Kier alpha value is -2.70. The number of nitrogens with zero attached hydrogens (tertiary/aromatic N) is 1. The molecule has 0 saturated carbocycles. The van der Waals surface area contributed by atoms with Crippen molar-refractivity contribution in [3.8, 4) is 17.1 Å². The zero-order chi connectivity index (χ0) is 15.6. The van der Waals surface area contributed by atoms with Gasteiger partial charge in [-0.25, -0.2) is 4.79 Å². The topological polar surface area (TPSA) is 111 Å². The molecule has 7 heteroatoms. The molecule has 1 aromatic heterocycles. The third kappa shape index (κ3) is 3.65. The van der Waals surface area contributed by atoms with E-state index in [1.54, 1.807) is 32.9 Å². The van der Waals surface area contributed by atoms with E-state index in [9.17, 15) is 9.90 Å². The number of para-hydroxylation sites is 1. The van der Waals surface area contributed by atoms with Crippen molar-refractivity contribution in [3.63, 3.8) is 0 Å². The summed E-state index contributed by atoms with van der Waals surface area (Å²) in [6, 6.07) is 6.21. The van der Waals surface area contributed by atoms with Crippen molar-refractivity contribution in [2.24, 2.45) is 0 Å². The number of aromatic hydroxyl groups is 1. The highest BCUT2D eigenvalue weighted by molar-refractivity contribution is 5.93. The maximum Gasteiger partial charge on any atom is 0.412 e. The number of amides is 1. The van der Waals surface area contributed by atoms with E-state index >= 15 is 0 Å². The number of benzene rings is 1. The lowest BCUT2D eigenvalue weighted by atomic mass is 10.1. The number of hydrogen-bond donors (Lipinski definition) is 3. The summed E-state index contributed by atoms with van der Waals surface area (Å²) in [7, 11) is 0. The van der Waals surface area contributed by atoms with Crippen LogP contribution in [0.2, 0.25) is 0 Å². The molecule has 0 aliphatic rings. The van der Waals surface area contributed by atoms with Crippen LogP contribution in [0.1, 0.15) is 20.8 Å². The van der Waals surface area contributed by atoms with Crippen LogP contribution in [0.5, 0.6) is 5.75 Å². The number of anilines is 2. The molecule has 0 aliphatic carbocycles. The number of nitrogens with one attached hydrogen (secondary N) is 1. The first kappa shape index (κ1) is 14.7. The van der Waals surface area contributed by atoms with Crippen LogP contribution < -0.4 is 11.1 Å². The fraction of sp³-hybridized carbons (Fsp3) is 0.286. The summed E-state index contributed by atoms with van der Waals surface area (Å²) >= 11 is 0.